The van der Waals surface area contributed by atoms with Gasteiger partial charge in [0.2, 0.25) is 0 Å². The highest BCUT2D eigenvalue weighted by Crippen LogP contribution is 2.16. The molecule has 1 aromatic rings. The molecule has 1 aromatic heterocycles. The Kier molecular flexibility index (Phi) is 5.86. The van der Waals surface area contributed by atoms with E-state index in [1.165, 1.54) is 5.56 Å². The SMILES string of the molecule is CCCOc1cnccc1CNCC(C)C. The molecular weight excluding hydrogens is 200 g/mol. The maximum Gasteiger partial charge on any atom is 0.142 e. The van der Waals surface area contributed by atoms with E-state index in [0.717, 1.165) is 31.9 Å². The van der Waals surface area contributed by atoms with Gasteiger partial charge in [-0.1, -0.05) is 20.8 Å². The lowest BCUT2D eigenvalue weighted by atomic mass is 10.2. The number of nitrogens with zero attached hydrogens (tertiary/aromatic N) is 1. The van der Waals surface area contributed by atoms with Gasteiger partial charge >= 0.3 is 0 Å². The van der Waals surface area contributed by atoms with Gasteiger partial charge in [0.05, 0.1) is 12.8 Å². The summed E-state index contributed by atoms with van der Waals surface area (Å²) in [6.45, 7) is 9.13. The molecule has 1 N–H and O–H groups in total. The fourth-order valence-corrected chi connectivity index (χ4v) is 1.39. The standard InChI is InChI=1S/C13H22N2O/c1-4-7-16-13-10-14-6-5-12(13)9-15-8-11(2)3/h5-6,10-11,15H,4,7-9H2,1-3H3. The van der Waals surface area contributed by atoms with Crippen molar-refractivity contribution in [1.82, 2.24) is 10.3 Å². The Labute approximate surface area is 98.2 Å². The lowest BCUT2D eigenvalue weighted by Crippen LogP contribution is -2.19. The number of pyridine rings is 1. The molecule has 0 atom stereocenters. The molecular formula is C13H22N2O. The number of rotatable bonds is 7. The molecule has 0 saturated carbocycles. The monoisotopic (exact) mass is 222 g/mol. The molecule has 90 valence electrons. The Morgan fingerprint density at radius 3 is 2.94 bits per heavy atom. The third-order valence-electron chi connectivity index (χ3n) is 2.20. The van der Waals surface area contributed by atoms with Gasteiger partial charge in [-0.25, -0.2) is 0 Å². The molecule has 0 spiro atoms. The molecule has 0 aliphatic carbocycles. The third kappa shape index (κ3) is 4.62. The van der Waals surface area contributed by atoms with Gasteiger partial charge in [-0.2, -0.15) is 0 Å². The van der Waals surface area contributed by atoms with Crippen molar-refractivity contribution in [3.8, 4) is 5.75 Å². The zero-order valence-electron chi connectivity index (χ0n) is 10.5. The van der Waals surface area contributed by atoms with Crippen molar-refractivity contribution in [2.24, 2.45) is 5.92 Å². The molecule has 0 aliphatic heterocycles. The number of nitrogens with one attached hydrogen (secondary N) is 1. The van der Waals surface area contributed by atoms with E-state index in [1.54, 1.807) is 6.20 Å². The molecule has 0 amide bonds. The smallest absolute Gasteiger partial charge is 0.142 e. The van der Waals surface area contributed by atoms with Crippen LogP contribution in [0.15, 0.2) is 18.5 Å². The van der Waals surface area contributed by atoms with E-state index in [0.29, 0.717) is 5.92 Å². The van der Waals surface area contributed by atoms with E-state index < -0.39 is 0 Å². The number of hydrogen-bond acceptors (Lipinski definition) is 3. The maximum atomic E-state index is 5.64. The second-order valence-electron chi connectivity index (χ2n) is 4.36. The van der Waals surface area contributed by atoms with Crippen LogP contribution in [0.2, 0.25) is 0 Å². The summed E-state index contributed by atoms with van der Waals surface area (Å²) in [5, 5.41) is 3.41. The summed E-state index contributed by atoms with van der Waals surface area (Å²) in [6.07, 6.45) is 4.63. The zero-order valence-corrected chi connectivity index (χ0v) is 10.5. The number of hydrogen-bond donors (Lipinski definition) is 1. The van der Waals surface area contributed by atoms with Gasteiger partial charge < -0.3 is 10.1 Å². The summed E-state index contributed by atoms with van der Waals surface area (Å²) in [5.74, 6) is 1.57. The first-order valence-electron chi connectivity index (χ1n) is 6.00. The van der Waals surface area contributed by atoms with Crippen LogP contribution < -0.4 is 10.1 Å². The fraction of sp³-hybridized carbons (Fsp3) is 0.615. The van der Waals surface area contributed by atoms with Crippen LogP contribution in [-0.4, -0.2) is 18.1 Å². The molecule has 0 radical (unpaired) electrons. The van der Waals surface area contributed by atoms with E-state index in [2.05, 4.69) is 31.1 Å². The highest BCUT2D eigenvalue weighted by Gasteiger charge is 2.03. The van der Waals surface area contributed by atoms with Crippen LogP contribution in [-0.2, 0) is 6.54 Å². The van der Waals surface area contributed by atoms with Crippen molar-refractivity contribution in [3.63, 3.8) is 0 Å². The van der Waals surface area contributed by atoms with Crippen molar-refractivity contribution in [1.29, 1.82) is 0 Å². The molecule has 16 heavy (non-hydrogen) atoms. The number of ether oxygens (including phenoxy) is 1. The van der Waals surface area contributed by atoms with Crippen LogP contribution in [0.25, 0.3) is 0 Å². The first-order valence-corrected chi connectivity index (χ1v) is 6.00. The predicted molar refractivity (Wildman–Crippen MR) is 66.6 cm³/mol. The minimum Gasteiger partial charge on any atom is -0.492 e. The minimum absolute atomic E-state index is 0.668. The fourth-order valence-electron chi connectivity index (χ4n) is 1.39. The van der Waals surface area contributed by atoms with Crippen LogP contribution in [0, 0.1) is 5.92 Å². The van der Waals surface area contributed by atoms with Crippen molar-refractivity contribution in [2.75, 3.05) is 13.2 Å². The van der Waals surface area contributed by atoms with Crippen molar-refractivity contribution >= 4 is 0 Å². The quantitative estimate of drug-likeness (QED) is 0.770. The summed E-state index contributed by atoms with van der Waals surface area (Å²) in [7, 11) is 0. The van der Waals surface area contributed by atoms with Crippen LogP contribution >= 0.6 is 0 Å². The summed E-state index contributed by atoms with van der Waals surface area (Å²) in [6, 6.07) is 2.01. The average molecular weight is 222 g/mol. The second kappa shape index (κ2) is 7.23. The van der Waals surface area contributed by atoms with Gasteiger partial charge in [0.1, 0.15) is 5.75 Å². The van der Waals surface area contributed by atoms with E-state index in [-0.39, 0.29) is 0 Å². The Morgan fingerprint density at radius 2 is 2.25 bits per heavy atom. The Morgan fingerprint density at radius 1 is 1.44 bits per heavy atom. The van der Waals surface area contributed by atoms with Crippen molar-refractivity contribution < 1.29 is 4.74 Å². The Balaban J connectivity index is 2.49. The Hall–Kier alpha value is -1.09. The van der Waals surface area contributed by atoms with Gasteiger partial charge in [-0.05, 0) is 24.9 Å². The summed E-state index contributed by atoms with van der Waals surface area (Å²) in [5.41, 5.74) is 1.18. The molecule has 3 heteroatoms. The molecule has 1 heterocycles. The van der Waals surface area contributed by atoms with E-state index >= 15 is 0 Å². The molecule has 0 aliphatic rings. The Bertz CT molecular complexity index is 300. The third-order valence-corrected chi connectivity index (χ3v) is 2.20. The highest BCUT2D eigenvalue weighted by atomic mass is 16.5. The molecule has 0 saturated heterocycles. The average Bonchev–Trinajstić information content (AvgIpc) is 2.27. The van der Waals surface area contributed by atoms with E-state index in [4.69, 9.17) is 4.74 Å². The maximum absolute atomic E-state index is 5.64. The number of aromatic nitrogens is 1. The lowest BCUT2D eigenvalue weighted by Gasteiger charge is -2.12. The zero-order chi connectivity index (χ0) is 11.8. The highest BCUT2D eigenvalue weighted by molar-refractivity contribution is 5.29. The van der Waals surface area contributed by atoms with E-state index in [1.807, 2.05) is 12.3 Å². The largest absolute Gasteiger partial charge is 0.492 e. The molecule has 3 nitrogen and oxygen atoms in total. The van der Waals surface area contributed by atoms with Gasteiger partial charge in [0.25, 0.3) is 0 Å². The van der Waals surface area contributed by atoms with Crippen LogP contribution in [0.3, 0.4) is 0 Å². The van der Waals surface area contributed by atoms with Crippen molar-refractivity contribution in [3.05, 3.63) is 24.0 Å². The second-order valence-corrected chi connectivity index (χ2v) is 4.36. The van der Waals surface area contributed by atoms with Crippen LogP contribution in [0.4, 0.5) is 0 Å². The first-order chi connectivity index (χ1) is 7.74. The predicted octanol–water partition coefficient (Wildman–Crippen LogP) is 2.62. The summed E-state index contributed by atoms with van der Waals surface area (Å²) in [4.78, 5) is 4.09. The summed E-state index contributed by atoms with van der Waals surface area (Å²) >= 11 is 0. The molecule has 0 unspecified atom stereocenters. The van der Waals surface area contributed by atoms with Crippen molar-refractivity contribution in [2.45, 2.75) is 33.7 Å². The summed E-state index contributed by atoms with van der Waals surface area (Å²) < 4.78 is 5.64. The van der Waals surface area contributed by atoms with Crippen LogP contribution in [0.5, 0.6) is 5.75 Å². The molecule has 0 bridgehead atoms. The molecule has 0 aromatic carbocycles. The molecule has 0 fully saturated rings. The van der Waals surface area contributed by atoms with Gasteiger partial charge in [0, 0.05) is 18.3 Å². The molecule has 1 rings (SSSR count). The van der Waals surface area contributed by atoms with Gasteiger partial charge in [0.15, 0.2) is 0 Å². The first kappa shape index (κ1) is 13.0. The van der Waals surface area contributed by atoms with Crippen LogP contribution in [0.1, 0.15) is 32.8 Å². The lowest BCUT2D eigenvalue weighted by molar-refractivity contribution is 0.312. The van der Waals surface area contributed by atoms with Gasteiger partial charge in [-0.15, -0.1) is 0 Å². The topological polar surface area (TPSA) is 34.1 Å². The van der Waals surface area contributed by atoms with E-state index in [9.17, 15) is 0 Å². The van der Waals surface area contributed by atoms with Gasteiger partial charge in [-0.3, -0.25) is 4.98 Å². The minimum atomic E-state index is 0.668. The normalized spacial score (nSPS) is 10.8.